The number of aryl methyl sites for hydroxylation is 1. The van der Waals surface area contributed by atoms with E-state index in [4.69, 9.17) is 20.9 Å². The van der Waals surface area contributed by atoms with E-state index in [1.54, 1.807) is 42.2 Å². The van der Waals surface area contributed by atoms with E-state index < -0.39 is 6.04 Å². The van der Waals surface area contributed by atoms with E-state index in [1.165, 1.54) is 0 Å². The molecule has 1 aromatic heterocycles. The predicted octanol–water partition coefficient (Wildman–Crippen LogP) is 2.91. The number of carbonyl (C=O) groups is 2. The van der Waals surface area contributed by atoms with Crippen LogP contribution in [-0.4, -0.2) is 34.5 Å². The van der Waals surface area contributed by atoms with Crippen LogP contribution in [0.3, 0.4) is 0 Å². The lowest BCUT2D eigenvalue weighted by atomic mass is 10.2. The van der Waals surface area contributed by atoms with Crippen molar-refractivity contribution in [1.29, 1.82) is 0 Å². The molecule has 2 aromatic rings. The number of hydrogen-bond acceptors (Lipinski definition) is 5. The maximum atomic E-state index is 12.5. The van der Waals surface area contributed by atoms with Gasteiger partial charge in [-0.1, -0.05) is 28.9 Å². The summed E-state index contributed by atoms with van der Waals surface area (Å²) < 4.78 is 10.5. The van der Waals surface area contributed by atoms with Crippen molar-refractivity contribution in [2.45, 2.75) is 38.8 Å². The minimum atomic E-state index is -0.538. The third-order valence-corrected chi connectivity index (χ3v) is 4.39. The zero-order valence-corrected chi connectivity index (χ0v) is 14.7. The first kappa shape index (κ1) is 17.5. The Bertz CT molecular complexity index is 757. The molecule has 0 bridgehead atoms. The number of halogens is 1. The second-order valence-corrected chi connectivity index (χ2v) is 6.53. The fourth-order valence-electron chi connectivity index (χ4n) is 2.89. The SMILES string of the molecule is Cc1cc(CC(=O)N2CCC[C@H]2C(=O)OCc2ccc(Cl)cc2)on1. The van der Waals surface area contributed by atoms with Gasteiger partial charge in [-0.05, 0) is 37.5 Å². The molecule has 1 saturated heterocycles. The van der Waals surface area contributed by atoms with Gasteiger partial charge < -0.3 is 14.2 Å². The molecule has 0 aliphatic carbocycles. The van der Waals surface area contributed by atoms with Gasteiger partial charge in [0.15, 0.2) is 0 Å². The first-order valence-electron chi connectivity index (χ1n) is 8.15. The Balaban J connectivity index is 1.57. The van der Waals surface area contributed by atoms with Gasteiger partial charge in [0.05, 0.1) is 12.1 Å². The van der Waals surface area contributed by atoms with Crippen molar-refractivity contribution >= 4 is 23.5 Å². The molecule has 2 heterocycles. The maximum Gasteiger partial charge on any atom is 0.329 e. The van der Waals surface area contributed by atoms with E-state index in [1.807, 2.05) is 0 Å². The van der Waals surface area contributed by atoms with Crippen LogP contribution in [0.1, 0.15) is 29.9 Å². The van der Waals surface area contributed by atoms with Crippen molar-refractivity contribution in [3.8, 4) is 0 Å². The van der Waals surface area contributed by atoms with Crippen LogP contribution in [0.5, 0.6) is 0 Å². The lowest BCUT2D eigenvalue weighted by molar-refractivity contribution is -0.154. The second-order valence-electron chi connectivity index (χ2n) is 6.09. The Morgan fingerprint density at radius 1 is 1.36 bits per heavy atom. The van der Waals surface area contributed by atoms with E-state index in [0.717, 1.165) is 17.7 Å². The predicted molar refractivity (Wildman–Crippen MR) is 90.9 cm³/mol. The van der Waals surface area contributed by atoms with Gasteiger partial charge in [-0.3, -0.25) is 4.79 Å². The van der Waals surface area contributed by atoms with E-state index in [2.05, 4.69) is 5.16 Å². The number of benzene rings is 1. The van der Waals surface area contributed by atoms with Gasteiger partial charge >= 0.3 is 5.97 Å². The molecule has 1 fully saturated rings. The molecule has 0 N–H and O–H groups in total. The van der Waals surface area contributed by atoms with Crippen LogP contribution in [-0.2, 0) is 27.4 Å². The normalized spacial score (nSPS) is 16.9. The summed E-state index contributed by atoms with van der Waals surface area (Å²) >= 11 is 5.84. The van der Waals surface area contributed by atoms with Crippen LogP contribution in [0.2, 0.25) is 5.02 Å². The molecule has 7 heteroatoms. The van der Waals surface area contributed by atoms with Crippen LogP contribution in [0.15, 0.2) is 34.9 Å². The van der Waals surface area contributed by atoms with Crippen LogP contribution in [0, 0.1) is 6.92 Å². The summed E-state index contributed by atoms with van der Waals surface area (Å²) in [6, 6.07) is 8.29. The molecule has 1 atom stereocenters. The zero-order valence-electron chi connectivity index (χ0n) is 13.9. The van der Waals surface area contributed by atoms with Crippen molar-refractivity contribution < 1.29 is 18.8 Å². The van der Waals surface area contributed by atoms with Gasteiger partial charge in [-0.15, -0.1) is 0 Å². The summed E-state index contributed by atoms with van der Waals surface area (Å²) in [6.07, 6.45) is 1.49. The molecule has 25 heavy (non-hydrogen) atoms. The first-order chi connectivity index (χ1) is 12.0. The van der Waals surface area contributed by atoms with Crippen molar-refractivity contribution in [2.75, 3.05) is 6.54 Å². The topological polar surface area (TPSA) is 72.6 Å². The summed E-state index contributed by atoms with van der Waals surface area (Å²) in [6.45, 7) is 2.51. The van der Waals surface area contributed by atoms with E-state index >= 15 is 0 Å². The van der Waals surface area contributed by atoms with E-state index in [0.29, 0.717) is 23.7 Å². The van der Waals surface area contributed by atoms with Gasteiger partial charge in [0.25, 0.3) is 0 Å². The highest BCUT2D eigenvalue weighted by Crippen LogP contribution is 2.21. The van der Waals surface area contributed by atoms with Gasteiger partial charge in [0, 0.05) is 17.6 Å². The molecular weight excluding hydrogens is 344 g/mol. The Hall–Kier alpha value is -2.34. The Morgan fingerprint density at radius 2 is 2.12 bits per heavy atom. The third kappa shape index (κ3) is 4.39. The Labute approximate surface area is 150 Å². The molecule has 1 aromatic carbocycles. The highest BCUT2D eigenvalue weighted by Gasteiger charge is 2.35. The van der Waals surface area contributed by atoms with Crippen molar-refractivity contribution in [3.05, 3.63) is 52.4 Å². The smallest absolute Gasteiger partial charge is 0.329 e. The van der Waals surface area contributed by atoms with Crippen molar-refractivity contribution in [2.24, 2.45) is 0 Å². The fourth-order valence-corrected chi connectivity index (χ4v) is 3.02. The molecule has 3 rings (SSSR count). The number of amides is 1. The highest BCUT2D eigenvalue weighted by molar-refractivity contribution is 6.30. The third-order valence-electron chi connectivity index (χ3n) is 4.14. The molecule has 1 amide bonds. The minimum absolute atomic E-state index is 0.0990. The number of carbonyl (C=O) groups excluding carboxylic acids is 2. The number of rotatable bonds is 5. The number of ether oxygens (including phenoxy) is 1. The quantitative estimate of drug-likeness (QED) is 0.765. The lowest BCUT2D eigenvalue weighted by Crippen LogP contribution is -2.42. The monoisotopic (exact) mass is 362 g/mol. The second kappa shape index (κ2) is 7.70. The largest absolute Gasteiger partial charge is 0.459 e. The van der Waals surface area contributed by atoms with Gasteiger partial charge in [0.2, 0.25) is 5.91 Å². The summed E-state index contributed by atoms with van der Waals surface area (Å²) in [4.78, 5) is 26.4. The van der Waals surface area contributed by atoms with E-state index in [9.17, 15) is 9.59 Å². The molecule has 1 aliphatic rings. The zero-order chi connectivity index (χ0) is 17.8. The summed E-state index contributed by atoms with van der Waals surface area (Å²) in [5.74, 6) is -0.0284. The molecule has 1 aliphatic heterocycles. The summed E-state index contributed by atoms with van der Waals surface area (Å²) in [5.41, 5.74) is 1.58. The van der Waals surface area contributed by atoms with Crippen molar-refractivity contribution in [3.63, 3.8) is 0 Å². The number of hydrogen-bond donors (Lipinski definition) is 0. The summed E-state index contributed by atoms with van der Waals surface area (Å²) in [5, 5.41) is 4.40. The van der Waals surface area contributed by atoms with Gasteiger partial charge in [-0.2, -0.15) is 0 Å². The van der Waals surface area contributed by atoms with Crippen LogP contribution < -0.4 is 0 Å². The Kier molecular flexibility index (Phi) is 5.38. The molecule has 0 unspecified atom stereocenters. The van der Waals surface area contributed by atoms with E-state index in [-0.39, 0.29) is 24.9 Å². The van der Waals surface area contributed by atoms with Crippen LogP contribution >= 0.6 is 11.6 Å². The molecule has 0 radical (unpaired) electrons. The number of esters is 1. The molecule has 132 valence electrons. The molecule has 6 nitrogen and oxygen atoms in total. The lowest BCUT2D eigenvalue weighted by Gasteiger charge is -2.22. The molecule has 0 spiro atoms. The average molecular weight is 363 g/mol. The van der Waals surface area contributed by atoms with Crippen LogP contribution in [0.25, 0.3) is 0 Å². The Morgan fingerprint density at radius 3 is 2.80 bits per heavy atom. The number of aromatic nitrogens is 1. The standard InChI is InChI=1S/C18H19ClN2O4/c1-12-9-15(25-20-12)10-17(22)21-8-2-3-16(21)18(23)24-11-13-4-6-14(19)7-5-13/h4-7,9,16H,2-3,8,10-11H2,1H3/t16-/m0/s1. The number of nitrogens with zero attached hydrogens (tertiary/aromatic N) is 2. The molecule has 0 saturated carbocycles. The maximum absolute atomic E-state index is 12.5. The van der Waals surface area contributed by atoms with Crippen molar-refractivity contribution in [1.82, 2.24) is 10.1 Å². The fraction of sp³-hybridized carbons (Fsp3) is 0.389. The van der Waals surface area contributed by atoms with Gasteiger partial charge in [-0.25, -0.2) is 4.79 Å². The minimum Gasteiger partial charge on any atom is -0.459 e. The summed E-state index contributed by atoms with van der Waals surface area (Å²) in [7, 11) is 0. The first-order valence-corrected chi connectivity index (χ1v) is 8.53. The molecular formula is C18H19ClN2O4. The average Bonchev–Trinajstić information content (AvgIpc) is 3.23. The van der Waals surface area contributed by atoms with Gasteiger partial charge in [0.1, 0.15) is 18.4 Å². The number of likely N-dealkylation sites (tertiary alicyclic amines) is 1. The van der Waals surface area contributed by atoms with Crippen LogP contribution in [0.4, 0.5) is 0 Å². The highest BCUT2D eigenvalue weighted by atomic mass is 35.5.